The van der Waals surface area contributed by atoms with Gasteiger partial charge in [0.05, 0.1) is 11.4 Å². The first-order valence-corrected chi connectivity index (χ1v) is 6.14. The second-order valence-electron chi connectivity index (χ2n) is 3.23. The molecule has 17 heavy (non-hydrogen) atoms. The molecule has 1 aromatic heterocycles. The highest BCUT2D eigenvalue weighted by molar-refractivity contribution is 7.89. The molecule has 0 saturated heterocycles. The molecule has 1 heterocycles. The van der Waals surface area contributed by atoms with Crippen molar-refractivity contribution in [2.24, 2.45) is 0 Å². The first-order chi connectivity index (χ1) is 8.08. The molecule has 0 atom stereocenters. The first kappa shape index (κ1) is 11.5. The summed E-state index contributed by atoms with van der Waals surface area (Å²) in [5.74, 6) is 0.262. The second-order valence-corrected chi connectivity index (χ2v) is 4.99. The molecule has 0 bridgehead atoms. The molecule has 0 aliphatic carbocycles. The van der Waals surface area contributed by atoms with Crippen molar-refractivity contribution in [2.45, 2.75) is 11.4 Å². The highest BCUT2D eigenvalue weighted by Gasteiger charge is 2.14. The van der Waals surface area contributed by atoms with Crippen molar-refractivity contribution in [3.8, 4) is 0 Å². The van der Waals surface area contributed by atoms with Gasteiger partial charge in [-0.3, -0.25) is 0 Å². The van der Waals surface area contributed by atoms with Gasteiger partial charge in [-0.15, -0.1) is 10.2 Å². The fourth-order valence-corrected chi connectivity index (χ4v) is 2.22. The largest absolute Gasteiger partial charge is 0.399 e. The fraction of sp³-hybridized carbons (Fsp3) is 0.125. The zero-order chi connectivity index (χ0) is 12.3. The SMILES string of the molecule is Nc1cccc(S(=O)(=O)NCc2nn[nH]n2)c1. The maximum Gasteiger partial charge on any atom is 0.241 e. The first-order valence-electron chi connectivity index (χ1n) is 4.65. The van der Waals surface area contributed by atoms with E-state index in [9.17, 15) is 8.42 Å². The van der Waals surface area contributed by atoms with Crippen molar-refractivity contribution in [3.05, 3.63) is 30.1 Å². The Kier molecular flexibility index (Phi) is 3.02. The standard InChI is InChI=1S/C8H10N6O2S/c9-6-2-1-3-7(4-6)17(15,16)10-5-8-11-13-14-12-8/h1-4,10H,5,9H2,(H,11,12,13,14). The third-order valence-electron chi connectivity index (χ3n) is 1.98. The number of tetrazole rings is 1. The van der Waals surface area contributed by atoms with E-state index in [2.05, 4.69) is 25.3 Å². The monoisotopic (exact) mass is 254 g/mol. The maximum absolute atomic E-state index is 11.8. The van der Waals surface area contributed by atoms with Crippen LogP contribution < -0.4 is 10.5 Å². The smallest absolute Gasteiger partial charge is 0.241 e. The van der Waals surface area contributed by atoms with Crippen LogP contribution in [0.3, 0.4) is 0 Å². The Morgan fingerprint density at radius 1 is 1.41 bits per heavy atom. The molecule has 0 fully saturated rings. The molecule has 0 unspecified atom stereocenters. The summed E-state index contributed by atoms with van der Waals surface area (Å²) in [6.45, 7) is -0.0341. The zero-order valence-electron chi connectivity index (χ0n) is 8.66. The van der Waals surface area contributed by atoms with Crippen LogP contribution in [0.4, 0.5) is 5.69 Å². The summed E-state index contributed by atoms with van der Waals surface area (Å²) in [5, 5.41) is 12.8. The van der Waals surface area contributed by atoms with Gasteiger partial charge in [-0.05, 0) is 18.2 Å². The molecule has 0 aliphatic heterocycles. The van der Waals surface area contributed by atoms with Gasteiger partial charge in [-0.25, -0.2) is 13.1 Å². The Hall–Kier alpha value is -2.00. The van der Waals surface area contributed by atoms with E-state index in [1.165, 1.54) is 12.1 Å². The predicted octanol–water partition coefficient (Wildman–Crippen LogP) is -0.740. The van der Waals surface area contributed by atoms with E-state index in [0.29, 0.717) is 5.69 Å². The molecule has 2 rings (SSSR count). The van der Waals surface area contributed by atoms with Crippen LogP contribution in [0.2, 0.25) is 0 Å². The quantitative estimate of drug-likeness (QED) is 0.617. The molecule has 4 N–H and O–H groups in total. The maximum atomic E-state index is 11.8. The van der Waals surface area contributed by atoms with Gasteiger partial charge in [0.2, 0.25) is 10.0 Å². The Bertz CT molecular complexity index is 594. The lowest BCUT2D eigenvalue weighted by molar-refractivity contribution is 0.579. The van der Waals surface area contributed by atoms with Crippen LogP contribution in [0.25, 0.3) is 0 Å². The Morgan fingerprint density at radius 3 is 2.88 bits per heavy atom. The molecule has 2 aromatic rings. The summed E-state index contributed by atoms with van der Waals surface area (Å²) >= 11 is 0. The van der Waals surface area contributed by atoms with E-state index in [1.807, 2.05) is 0 Å². The van der Waals surface area contributed by atoms with E-state index in [0.717, 1.165) is 0 Å². The number of benzene rings is 1. The molecule has 0 aliphatic rings. The minimum absolute atomic E-state index is 0.0341. The number of hydrogen-bond acceptors (Lipinski definition) is 6. The zero-order valence-corrected chi connectivity index (χ0v) is 9.48. The highest BCUT2D eigenvalue weighted by atomic mass is 32.2. The van der Waals surface area contributed by atoms with Gasteiger partial charge in [0, 0.05) is 5.69 Å². The number of nitrogen functional groups attached to an aromatic ring is 1. The Balaban J connectivity index is 2.14. The molecule has 0 radical (unpaired) electrons. The molecule has 0 spiro atoms. The van der Waals surface area contributed by atoms with Crippen molar-refractivity contribution in [1.29, 1.82) is 0 Å². The molecule has 0 saturated carbocycles. The summed E-state index contributed by atoms with van der Waals surface area (Å²) < 4.78 is 26.0. The van der Waals surface area contributed by atoms with Gasteiger partial charge in [-0.1, -0.05) is 11.3 Å². The van der Waals surface area contributed by atoms with E-state index in [4.69, 9.17) is 5.73 Å². The summed E-state index contributed by atoms with van der Waals surface area (Å²) in [5.41, 5.74) is 5.90. The number of aromatic amines is 1. The number of hydrogen-bond donors (Lipinski definition) is 3. The van der Waals surface area contributed by atoms with Crippen LogP contribution in [-0.2, 0) is 16.6 Å². The number of nitrogens with zero attached hydrogens (tertiary/aromatic N) is 3. The number of H-pyrrole nitrogens is 1. The van der Waals surface area contributed by atoms with Gasteiger partial charge < -0.3 is 5.73 Å². The van der Waals surface area contributed by atoms with Crippen LogP contribution in [-0.4, -0.2) is 29.0 Å². The van der Waals surface area contributed by atoms with E-state index in [-0.39, 0.29) is 17.3 Å². The van der Waals surface area contributed by atoms with Crippen molar-refractivity contribution in [3.63, 3.8) is 0 Å². The molecule has 1 aromatic carbocycles. The number of nitrogens with two attached hydrogens (primary N) is 1. The molecule has 9 heteroatoms. The van der Waals surface area contributed by atoms with Crippen molar-refractivity contribution in [2.75, 3.05) is 5.73 Å². The van der Waals surface area contributed by atoms with E-state index in [1.54, 1.807) is 12.1 Å². The minimum atomic E-state index is -3.61. The van der Waals surface area contributed by atoms with Gasteiger partial charge in [0.1, 0.15) is 0 Å². The highest BCUT2D eigenvalue weighted by Crippen LogP contribution is 2.12. The third kappa shape index (κ3) is 2.77. The van der Waals surface area contributed by atoms with Crippen LogP contribution >= 0.6 is 0 Å². The van der Waals surface area contributed by atoms with Crippen molar-refractivity contribution >= 4 is 15.7 Å². The van der Waals surface area contributed by atoms with Gasteiger partial charge >= 0.3 is 0 Å². The van der Waals surface area contributed by atoms with Gasteiger partial charge in [0.15, 0.2) is 5.82 Å². The number of rotatable bonds is 4. The number of anilines is 1. The van der Waals surface area contributed by atoms with Gasteiger partial charge in [0.25, 0.3) is 0 Å². The van der Waals surface area contributed by atoms with Crippen LogP contribution in [0, 0.1) is 0 Å². The molecule has 90 valence electrons. The average Bonchev–Trinajstić information content (AvgIpc) is 2.79. The molecule has 0 amide bonds. The van der Waals surface area contributed by atoms with E-state index < -0.39 is 10.0 Å². The lowest BCUT2D eigenvalue weighted by Gasteiger charge is -2.05. The summed E-state index contributed by atoms with van der Waals surface area (Å²) in [6.07, 6.45) is 0. The van der Waals surface area contributed by atoms with Gasteiger partial charge in [-0.2, -0.15) is 5.21 Å². The van der Waals surface area contributed by atoms with Crippen molar-refractivity contribution in [1.82, 2.24) is 25.3 Å². The lowest BCUT2D eigenvalue weighted by Crippen LogP contribution is -2.23. The van der Waals surface area contributed by atoms with Crippen molar-refractivity contribution < 1.29 is 8.42 Å². The Morgan fingerprint density at radius 2 is 2.24 bits per heavy atom. The third-order valence-corrected chi connectivity index (χ3v) is 3.38. The van der Waals surface area contributed by atoms with Crippen LogP contribution in [0.5, 0.6) is 0 Å². The summed E-state index contributed by atoms with van der Waals surface area (Å²) in [4.78, 5) is 0.0981. The van der Waals surface area contributed by atoms with Crippen LogP contribution in [0.15, 0.2) is 29.2 Å². The molecule has 8 nitrogen and oxygen atoms in total. The van der Waals surface area contributed by atoms with Crippen LogP contribution in [0.1, 0.15) is 5.82 Å². The summed E-state index contributed by atoms with van der Waals surface area (Å²) in [7, 11) is -3.61. The number of nitrogens with one attached hydrogen (secondary N) is 2. The lowest BCUT2D eigenvalue weighted by atomic mass is 10.3. The predicted molar refractivity (Wildman–Crippen MR) is 59.1 cm³/mol. The molecular formula is C8H10N6O2S. The summed E-state index contributed by atoms with van der Waals surface area (Å²) in [6, 6.07) is 6.00. The number of sulfonamides is 1. The molecular weight excluding hydrogens is 244 g/mol. The minimum Gasteiger partial charge on any atom is -0.399 e. The second kappa shape index (κ2) is 4.47. The van der Waals surface area contributed by atoms with E-state index >= 15 is 0 Å². The topological polar surface area (TPSA) is 127 Å². The fourth-order valence-electron chi connectivity index (χ4n) is 1.18. The normalized spacial score (nSPS) is 11.5. The number of aromatic nitrogens is 4. The Labute approximate surface area is 97.3 Å². The average molecular weight is 254 g/mol.